The first-order valence-corrected chi connectivity index (χ1v) is 24.5. The summed E-state index contributed by atoms with van der Waals surface area (Å²) in [5.41, 5.74) is -4.50. The number of hydrogen-bond donors (Lipinski definition) is 7. The molecule has 0 aliphatic carbocycles. The molecule has 3 heterocycles. The number of unbranched alkanes of at least 4 members (excludes halogenated alkanes) is 5. The minimum Gasteiger partial charge on any atom is -0.459 e. The van der Waals surface area contributed by atoms with E-state index in [0.717, 1.165) is 19.4 Å². The third-order valence-corrected chi connectivity index (χ3v) is 14.7. The monoisotopic (exact) mass is 920 g/mol. The van der Waals surface area contributed by atoms with Crippen LogP contribution in [0.4, 0.5) is 0 Å². The molecule has 64 heavy (non-hydrogen) atoms. The van der Waals surface area contributed by atoms with Crippen molar-refractivity contribution in [2.45, 2.75) is 237 Å². The van der Waals surface area contributed by atoms with Crippen LogP contribution in [-0.2, 0) is 33.2 Å². The van der Waals surface area contributed by atoms with Gasteiger partial charge in [0.2, 0.25) is 0 Å². The second kappa shape index (κ2) is 25.5. The summed E-state index contributed by atoms with van der Waals surface area (Å²) in [7, 11) is 5.21. The minimum absolute atomic E-state index is 0.109. The Labute approximate surface area is 386 Å². The Bertz CT molecular complexity index is 1360. The molecule has 3 aliphatic rings. The van der Waals surface area contributed by atoms with Crippen LogP contribution in [-0.4, -0.2) is 190 Å². The topological polar surface area (TPSA) is 212 Å². The fourth-order valence-electron chi connectivity index (χ4n) is 10.5. The molecule has 16 heteroatoms. The highest BCUT2D eigenvalue weighted by atomic mass is 16.7. The van der Waals surface area contributed by atoms with Gasteiger partial charge in [-0.3, -0.25) is 9.69 Å². The van der Waals surface area contributed by atoms with Crippen LogP contribution in [0.25, 0.3) is 0 Å². The zero-order valence-corrected chi connectivity index (χ0v) is 42.1. The Morgan fingerprint density at radius 3 is 2.19 bits per heavy atom. The first-order chi connectivity index (χ1) is 29.8. The van der Waals surface area contributed by atoms with E-state index in [0.29, 0.717) is 26.1 Å². The largest absolute Gasteiger partial charge is 0.459 e. The van der Waals surface area contributed by atoms with Crippen LogP contribution in [0.2, 0.25) is 0 Å². The van der Waals surface area contributed by atoms with Crippen molar-refractivity contribution in [3.63, 3.8) is 0 Å². The van der Waals surface area contributed by atoms with Gasteiger partial charge in [0.15, 0.2) is 12.6 Å². The van der Waals surface area contributed by atoms with Crippen molar-refractivity contribution < 1.29 is 63.9 Å². The Balaban J connectivity index is 2.01. The van der Waals surface area contributed by atoms with Gasteiger partial charge in [0.05, 0.1) is 47.6 Å². The number of carbonyl (C=O) groups is 1. The number of likely N-dealkylation sites (N-methyl/N-ethyl adjacent to an activating group) is 2. The van der Waals surface area contributed by atoms with E-state index in [9.17, 15) is 35.4 Å². The maximum atomic E-state index is 14.4. The zero-order chi connectivity index (χ0) is 48.3. The molecule has 0 aromatic carbocycles. The van der Waals surface area contributed by atoms with Crippen molar-refractivity contribution in [2.24, 2.45) is 17.8 Å². The van der Waals surface area contributed by atoms with Crippen LogP contribution in [0.3, 0.4) is 0 Å². The van der Waals surface area contributed by atoms with Crippen molar-refractivity contribution in [3.8, 4) is 0 Å². The smallest absolute Gasteiger partial charge is 0.311 e. The van der Waals surface area contributed by atoms with Gasteiger partial charge in [-0.25, -0.2) is 0 Å². The quantitative estimate of drug-likeness (QED) is 0.0774. The maximum absolute atomic E-state index is 14.4. The Morgan fingerprint density at radius 2 is 1.56 bits per heavy atom. The average molecular weight is 920 g/mol. The summed E-state index contributed by atoms with van der Waals surface area (Å²) < 4.78 is 38.1. The van der Waals surface area contributed by atoms with Gasteiger partial charge in [0, 0.05) is 51.2 Å². The predicted octanol–water partition coefficient (Wildman–Crippen LogP) is 3.58. The lowest BCUT2D eigenvalue weighted by atomic mass is 9.77. The zero-order valence-electron chi connectivity index (χ0n) is 42.1. The van der Waals surface area contributed by atoms with Crippen LogP contribution >= 0.6 is 0 Å². The highest BCUT2D eigenvalue weighted by Crippen LogP contribution is 2.40. The third-order valence-electron chi connectivity index (χ3n) is 14.7. The van der Waals surface area contributed by atoms with Crippen LogP contribution in [0, 0.1) is 17.8 Å². The number of hydrogen-bond acceptors (Lipinski definition) is 16. The lowest BCUT2D eigenvalue weighted by Crippen LogP contribution is -2.61. The normalized spacial score (nSPS) is 43.1. The summed E-state index contributed by atoms with van der Waals surface area (Å²) in [5.74, 6) is -2.74. The number of nitrogens with zero attached hydrogens (tertiary/aromatic N) is 2. The van der Waals surface area contributed by atoms with Crippen molar-refractivity contribution in [1.82, 2.24) is 15.1 Å². The number of cyclic esters (lactones) is 1. The molecule has 3 saturated heterocycles. The van der Waals surface area contributed by atoms with Crippen LogP contribution in [0.1, 0.15) is 140 Å². The summed E-state index contributed by atoms with van der Waals surface area (Å²) in [6.07, 6.45) is -2.51. The van der Waals surface area contributed by atoms with Gasteiger partial charge >= 0.3 is 5.97 Å². The van der Waals surface area contributed by atoms with Gasteiger partial charge in [0.25, 0.3) is 0 Å². The van der Waals surface area contributed by atoms with E-state index in [1.807, 2.05) is 44.7 Å². The van der Waals surface area contributed by atoms with Crippen molar-refractivity contribution in [3.05, 3.63) is 0 Å². The number of aliphatic hydroxyl groups is 6. The molecule has 0 amide bonds. The molecule has 0 radical (unpaired) electrons. The van der Waals surface area contributed by atoms with Crippen LogP contribution in [0.15, 0.2) is 0 Å². The number of carbonyl (C=O) groups excluding carboxylic acids is 1. The fraction of sp³-hybridized carbons (Fsp3) is 0.979. The second-order valence-corrected chi connectivity index (χ2v) is 20.8. The average Bonchev–Trinajstić information content (AvgIpc) is 3.22. The Hall–Kier alpha value is -1.09. The van der Waals surface area contributed by atoms with Gasteiger partial charge in [-0.2, -0.15) is 0 Å². The fourth-order valence-corrected chi connectivity index (χ4v) is 10.5. The van der Waals surface area contributed by atoms with Gasteiger partial charge in [-0.05, 0) is 101 Å². The standard InChI is InChI=1S/C48H93N3O13/c1-15-17-18-19-20-21-22-49-26-35(52)28-51(13)36-23-30(4)60-45(39(36)53)64-43-31(5)40(63-38-25-47(10,59-14)42(55)34(8)61-38)32(6)44(56)62-37(16-2)48(11,58)41(54)33(7)50(12)27-29(3)24-46(43,9)57/h29-43,45,49,52-55,57-58H,15-28H2,1-14H3/t29-,30-,31+,32-,33-,34+,35?,36?,37-,38+,39-,40+,41-,42+,43-,45+,46-,47-,48-/m1/s1. The minimum atomic E-state index is -1.83. The van der Waals surface area contributed by atoms with Crippen LogP contribution < -0.4 is 5.32 Å². The van der Waals surface area contributed by atoms with E-state index >= 15 is 0 Å². The second-order valence-electron chi connectivity index (χ2n) is 20.8. The molecule has 7 N–H and O–H groups in total. The first kappa shape index (κ1) is 57.2. The molecule has 378 valence electrons. The van der Waals surface area contributed by atoms with E-state index in [2.05, 4.69) is 12.2 Å². The Kier molecular flexibility index (Phi) is 22.8. The number of ether oxygens (including phenoxy) is 6. The summed E-state index contributed by atoms with van der Waals surface area (Å²) in [6, 6.07) is -1.02. The van der Waals surface area contributed by atoms with E-state index in [-0.39, 0.29) is 31.3 Å². The first-order valence-electron chi connectivity index (χ1n) is 24.5. The summed E-state index contributed by atoms with van der Waals surface area (Å²) in [4.78, 5) is 18.3. The number of rotatable bonds is 18. The number of methoxy groups -OCH3 is 1. The number of nitrogens with one attached hydrogen (secondary N) is 1. The number of esters is 1. The summed E-state index contributed by atoms with van der Waals surface area (Å²) >= 11 is 0. The molecular formula is C48H93N3O13. The van der Waals surface area contributed by atoms with E-state index < -0.39 is 108 Å². The Morgan fingerprint density at radius 1 is 0.922 bits per heavy atom. The molecule has 16 nitrogen and oxygen atoms in total. The predicted molar refractivity (Wildman–Crippen MR) is 245 cm³/mol. The van der Waals surface area contributed by atoms with Gasteiger partial charge in [-0.1, -0.05) is 59.8 Å². The molecule has 0 bridgehead atoms. The third kappa shape index (κ3) is 15.2. The lowest BCUT2D eigenvalue weighted by Gasteiger charge is -2.49. The van der Waals surface area contributed by atoms with Crippen molar-refractivity contribution >= 4 is 5.97 Å². The molecule has 0 aromatic rings. The molecule has 0 aromatic heterocycles. The molecule has 3 aliphatic heterocycles. The van der Waals surface area contributed by atoms with Gasteiger partial charge in [-0.15, -0.1) is 0 Å². The van der Waals surface area contributed by atoms with E-state index in [1.54, 1.807) is 41.5 Å². The molecule has 19 atom stereocenters. The maximum Gasteiger partial charge on any atom is 0.311 e. The lowest BCUT2D eigenvalue weighted by molar-refractivity contribution is -0.318. The van der Waals surface area contributed by atoms with E-state index in [4.69, 9.17) is 28.4 Å². The van der Waals surface area contributed by atoms with Crippen molar-refractivity contribution in [1.29, 1.82) is 0 Å². The summed E-state index contributed by atoms with van der Waals surface area (Å²) in [6.45, 7) is 21.7. The number of aliphatic hydroxyl groups excluding tert-OH is 4. The van der Waals surface area contributed by atoms with Crippen molar-refractivity contribution in [2.75, 3.05) is 47.4 Å². The SMILES string of the molecule is CCCCCCCCNCC(O)CN(C)C1C[C@@H](C)O[C@@H](O[C@@H]2[C@@H](C)[C@H](O[C@H]3C[C@@](C)(OC)[C@@H](O)[C@H](C)O3)[C@@H](C)C(=O)O[C@H](CC)[C@@](C)(O)[C@H](O)[C@@H](C)N(C)C[C@H](C)C[C@@]2(C)O)[C@@H]1O. The van der Waals surface area contributed by atoms with Crippen LogP contribution in [0.5, 0.6) is 0 Å². The van der Waals surface area contributed by atoms with E-state index in [1.165, 1.54) is 39.7 Å². The molecule has 2 unspecified atom stereocenters. The molecular weight excluding hydrogens is 827 g/mol. The summed E-state index contributed by atoms with van der Waals surface area (Å²) in [5, 5.41) is 73.7. The van der Waals surface area contributed by atoms with Gasteiger partial charge < -0.3 is 69.3 Å². The highest BCUT2D eigenvalue weighted by molar-refractivity contribution is 5.73. The molecule has 3 rings (SSSR count). The molecule has 0 spiro atoms. The highest BCUT2D eigenvalue weighted by Gasteiger charge is 2.53. The van der Waals surface area contributed by atoms with Gasteiger partial charge in [0.1, 0.15) is 30.0 Å². The molecule has 3 fully saturated rings. The molecule has 0 saturated carbocycles.